The average molecular weight is 291 g/mol. The lowest BCUT2D eigenvalue weighted by Gasteiger charge is -2.06. The zero-order chi connectivity index (χ0) is 13.8. The summed E-state index contributed by atoms with van der Waals surface area (Å²) in [4.78, 5) is 11.6. The Bertz CT molecular complexity index is 604. The molecule has 1 heterocycles. The molecule has 0 amide bonds. The second kappa shape index (κ2) is 6.17. The van der Waals surface area contributed by atoms with Crippen LogP contribution < -0.4 is 10.4 Å². The van der Waals surface area contributed by atoms with Crippen LogP contribution in [0.1, 0.15) is 25.3 Å². The molecule has 0 unspecified atom stereocenters. The molecule has 1 aliphatic carbocycles. The summed E-state index contributed by atoms with van der Waals surface area (Å²) in [5, 5.41) is 7.41. The Kier molecular flexibility index (Phi) is 4.11. The number of nitrogens with zero attached hydrogens (tertiary/aromatic N) is 2. The molecule has 1 fully saturated rings. The molecule has 1 saturated carbocycles. The van der Waals surface area contributed by atoms with Gasteiger partial charge in [0.25, 0.3) is 0 Å². The van der Waals surface area contributed by atoms with Gasteiger partial charge in [0.15, 0.2) is 5.16 Å². The van der Waals surface area contributed by atoms with E-state index in [2.05, 4.69) is 10.2 Å². The zero-order valence-corrected chi connectivity index (χ0v) is 11.9. The number of hydrogen-bond donors (Lipinski definition) is 1. The van der Waals surface area contributed by atoms with Crippen molar-refractivity contribution in [1.29, 1.82) is 0 Å². The lowest BCUT2D eigenvalue weighted by atomic mass is 10.3. The molecule has 0 radical (unpaired) electrons. The van der Waals surface area contributed by atoms with E-state index in [1.165, 1.54) is 0 Å². The Morgan fingerprint density at radius 2 is 2.15 bits per heavy atom. The normalized spacial score (nSPS) is 14.4. The van der Waals surface area contributed by atoms with Crippen molar-refractivity contribution in [3.8, 4) is 5.75 Å². The number of thioether (sulfide) groups is 1. The van der Waals surface area contributed by atoms with Crippen LogP contribution in [0.25, 0.3) is 0 Å². The minimum Gasteiger partial charge on any atom is -0.494 e. The number of rotatable bonds is 7. The fourth-order valence-electron chi connectivity index (χ4n) is 1.98. The van der Waals surface area contributed by atoms with Gasteiger partial charge in [-0.1, -0.05) is 30.0 Å². The summed E-state index contributed by atoms with van der Waals surface area (Å²) in [6.07, 6.45) is 3.10. The fourth-order valence-corrected chi connectivity index (χ4v) is 2.90. The van der Waals surface area contributed by atoms with Gasteiger partial charge in [-0.3, -0.25) is 4.57 Å². The molecule has 106 valence electrons. The molecule has 2 aromatic rings. The highest BCUT2D eigenvalue weighted by atomic mass is 32.2. The Morgan fingerprint density at radius 3 is 2.90 bits per heavy atom. The molecule has 20 heavy (non-hydrogen) atoms. The van der Waals surface area contributed by atoms with E-state index in [9.17, 15) is 4.79 Å². The van der Waals surface area contributed by atoms with Crippen LogP contribution in [0.15, 0.2) is 40.3 Å². The molecule has 0 aliphatic heterocycles. The SMILES string of the molecule is O=c1[nH]nc(SCCCOc2ccccc2)n1C1CC1. The number of hydrogen-bond acceptors (Lipinski definition) is 4. The highest BCUT2D eigenvalue weighted by Crippen LogP contribution is 2.36. The molecule has 0 saturated heterocycles. The van der Waals surface area contributed by atoms with E-state index < -0.39 is 0 Å². The van der Waals surface area contributed by atoms with Crippen molar-refractivity contribution in [2.24, 2.45) is 0 Å². The Balaban J connectivity index is 1.43. The van der Waals surface area contributed by atoms with E-state index in [0.29, 0.717) is 12.6 Å². The first-order valence-corrected chi connectivity index (χ1v) is 7.81. The number of ether oxygens (including phenoxy) is 1. The summed E-state index contributed by atoms with van der Waals surface area (Å²) in [6.45, 7) is 0.676. The van der Waals surface area contributed by atoms with E-state index in [1.807, 2.05) is 30.3 Å². The fraction of sp³-hybridized carbons (Fsp3) is 0.429. The molecule has 0 bridgehead atoms. The topological polar surface area (TPSA) is 59.9 Å². The number of H-pyrrole nitrogens is 1. The minimum atomic E-state index is -0.0875. The third-order valence-corrected chi connectivity index (χ3v) is 4.15. The summed E-state index contributed by atoms with van der Waals surface area (Å²) < 4.78 is 7.41. The van der Waals surface area contributed by atoms with Crippen LogP contribution in [0.3, 0.4) is 0 Å². The highest BCUT2D eigenvalue weighted by Gasteiger charge is 2.28. The minimum absolute atomic E-state index is 0.0875. The second-order valence-corrected chi connectivity index (χ2v) is 5.84. The standard InChI is InChI=1S/C14H17N3O2S/c18-13-15-16-14(17(13)11-7-8-11)20-10-4-9-19-12-5-2-1-3-6-12/h1-3,5-6,11H,4,7-10H2,(H,15,18). The van der Waals surface area contributed by atoms with Crippen molar-refractivity contribution in [3.63, 3.8) is 0 Å². The van der Waals surface area contributed by atoms with Crippen LogP contribution in [0.2, 0.25) is 0 Å². The largest absolute Gasteiger partial charge is 0.494 e. The van der Waals surface area contributed by atoms with Crippen LogP contribution in [0.5, 0.6) is 5.75 Å². The van der Waals surface area contributed by atoms with Crippen LogP contribution in [-0.4, -0.2) is 27.1 Å². The van der Waals surface area contributed by atoms with Gasteiger partial charge in [0.1, 0.15) is 5.75 Å². The van der Waals surface area contributed by atoms with E-state index in [-0.39, 0.29) is 5.69 Å². The second-order valence-electron chi connectivity index (χ2n) is 4.78. The first-order chi connectivity index (χ1) is 9.84. The van der Waals surface area contributed by atoms with Gasteiger partial charge in [-0.15, -0.1) is 5.10 Å². The maximum atomic E-state index is 11.6. The number of nitrogens with one attached hydrogen (secondary N) is 1. The van der Waals surface area contributed by atoms with Crippen LogP contribution >= 0.6 is 11.8 Å². The van der Waals surface area contributed by atoms with Crippen LogP contribution in [-0.2, 0) is 0 Å². The molecular formula is C14H17N3O2S. The summed E-state index contributed by atoms with van der Waals surface area (Å²) in [5.41, 5.74) is -0.0875. The number of para-hydroxylation sites is 1. The Morgan fingerprint density at radius 1 is 1.35 bits per heavy atom. The Labute approximate surface area is 121 Å². The summed E-state index contributed by atoms with van der Waals surface area (Å²) >= 11 is 1.61. The molecule has 1 aromatic heterocycles. The monoisotopic (exact) mass is 291 g/mol. The molecule has 3 rings (SSSR count). The lowest BCUT2D eigenvalue weighted by molar-refractivity contribution is 0.318. The van der Waals surface area contributed by atoms with Gasteiger partial charge in [-0.25, -0.2) is 9.89 Å². The van der Waals surface area contributed by atoms with Gasteiger partial charge in [0.2, 0.25) is 0 Å². The molecule has 1 aromatic carbocycles. The van der Waals surface area contributed by atoms with Crippen molar-refractivity contribution in [3.05, 3.63) is 40.8 Å². The third kappa shape index (κ3) is 3.25. The molecule has 6 heteroatoms. The summed E-state index contributed by atoms with van der Waals surface area (Å²) in [7, 11) is 0. The van der Waals surface area contributed by atoms with Gasteiger partial charge >= 0.3 is 5.69 Å². The molecule has 5 nitrogen and oxygen atoms in total. The lowest BCUT2D eigenvalue weighted by Crippen LogP contribution is -2.16. The van der Waals surface area contributed by atoms with Crippen molar-refractivity contribution in [2.45, 2.75) is 30.5 Å². The molecular weight excluding hydrogens is 274 g/mol. The van der Waals surface area contributed by atoms with Crippen molar-refractivity contribution >= 4 is 11.8 Å². The van der Waals surface area contributed by atoms with E-state index in [4.69, 9.17) is 4.74 Å². The smallest absolute Gasteiger partial charge is 0.344 e. The quantitative estimate of drug-likeness (QED) is 0.629. The number of aromatic nitrogens is 3. The average Bonchev–Trinajstić information content (AvgIpc) is 3.24. The van der Waals surface area contributed by atoms with Gasteiger partial charge in [-0.2, -0.15) is 0 Å². The van der Waals surface area contributed by atoms with E-state index in [1.54, 1.807) is 16.3 Å². The third-order valence-electron chi connectivity index (χ3n) is 3.12. The zero-order valence-electron chi connectivity index (χ0n) is 11.1. The van der Waals surface area contributed by atoms with Crippen LogP contribution in [0.4, 0.5) is 0 Å². The van der Waals surface area contributed by atoms with Crippen molar-refractivity contribution in [2.75, 3.05) is 12.4 Å². The van der Waals surface area contributed by atoms with Gasteiger partial charge in [-0.05, 0) is 31.4 Å². The summed E-state index contributed by atoms with van der Waals surface area (Å²) in [6, 6.07) is 10.2. The summed E-state index contributed by atoms with van der Waals surface area (Å²) in [5.74, 6) is 1.79. The number of benzene rings is 1. The highest BCUT2D eigenvalue weighted by molar-refractivity contribution is 7.99. The van der Waals surface area contributed by atoms with Crippen molar-refractivity contribution in [1.82, 2.24) is 14.8 Å². The predicted octanol–water partition coefficient (Wildman–Crippen LogP) is 2.47. The first kappa shape index (κ1) is 13.3. The van der Waals surface area contributed by atoms with Gasteiger partial charge in [0, 0.05) is 11.8 Å². The molecule has 0 spiro atoms. The molecule has 1 aliphatic rings. The predicted molar refractivity (Wildman–Crippen MR) is 78.4 cm³/mol. The maximum absolute atomic E-state index is 11.6. The first-order valence-electron chi connectivity index (χ1n) is 6.82. The number of aromatic amines is 1. The van der Waals surface area contributed by atoms with E-state index in [0.717, 1.165) is 35.9 Å². The van der Waals surface area contributed by atoms with Gasteiger partial charge in [0.05, 0.1) is 6.61 Å². The van der Waals surface area contributed by atoms with Gasteiger partial charge < -0.3 is 4.74 Å². The Hall–Kier alpha value is -1.69. The van der Waals surface area contributed by atoms with E-state index >= 15 is 0 Å². The molecule has 1 N–H and O–H groups in total. The van der Waals surface area contributed by atoms with Crippen molar-refractivity contribution < 1.29 is 4.74 Å². The molecule has 0 atom stereocenters. The van der Waals surface area contributed by atoms with Crippen LogP contribution in [0, 0.1) is 0 Å². The maximum Gasteiger partial charge on any atom is 0.344 e.